The predicted molar refractivity (Wildman–Crippen MR) is 61.2 cm³/mol. The number of benzene rings is 1. The molecule has 0 spiro atoms. The summed E-state index contributed by atoms with van der Waals surface area (Å²) in [6.45, 7) is 4.64. The van der Waals surface area contributed by atoms with Gasteiger partial charge in [-0.3, -0.25) is 9.59 Å². The number of aliphatic hydroxyl groups is 1. The third-order valence-electron chi connectivity index (χ3n) is 2.43. The molecule has 1 rings (SSSR count). The third-order valence-corrected chi connectivity index (χ3v) is 2.43. The van der Waals surface area contributed by atoms with Gasteiger partial charge in [0.25, 0.3) is 0 Å². The number of hydrogen-bond donors (Lipinski definition) is 1. The lowest BCUT2D eigenvalue weighted by molar-refractivity contribution is -0.130. The molecule has 0 heterocycles. The second-order valence-electron chi connectivity index (χ2n) is 3.60. The number of Topliss-reactive ketones (excluding diaryl/α,β-unsaturated/α-hetero) is 2. The molecule has 0 aliphatic heterocycles. The van der Waals surface area contributed by atoms with E-state index >= 15 is 0 Å². The van der Waals surface area contributed by atoms with E-state index in [9.17, 15) is 14.7 Å². The maximum absolute atomic E-state index is 12.0. The average Bonchev–Trinajstić information content (AvgIpc) is 2.29. The van der Waals surface area contributed by atoms with Gasteiger partial charge in [-0.1, -0.05) is 36.4 Å². The van der Waals surface area contributed by atoms with Gasteiger partial charge in [-0.05, 0) is 6.92 Å². The Morgan fingerprint density at radius 3 is 2.38 bits per heavy atom. The predicted octanol–water partition coefficient (Wildman–Crippen LogP) is 1.77. The summed E-state index contributed by atoms with van der Waals surface area (Å²) in [6, 6.07) is 8.26. The van der Waals surface area contributed by atoms with Crippen LogP contribution >= 0.6 is 0 Å². The van der Waals surface area contributed by atoms with Crippen molar-refractivity contribution in [2.45, 2.75) is 18.9 Å². The Kier molecular flexibility index (Phi) is 3.74. The Balaban J connectivity index is 3.11. The van der Waals surface area contributed by atoms with Gasteiger partial charge in [-0.25, -0.2) is 0 Å². The number of rotatable bonds is 5. The monoisotopic (exact) mass is 218 g/mol. The molecule has 1 aromatic carbocycles. The van der Waals surface area contributed by atoms with Crippen LogP contribution in [0.15, 0.2) is 43.0 Å². The minimum atomic E-state index is -1.98. The second-order valence-corrected chi connectivity index (χ2v) is 3.60. The van der Waals surface area contributed by atoms with Crippen LogP contribution in [0.25, 0.3) is 0 Å². The van der Waals surface area contributed by atoms with Gasteiger partial charge in [-0.2, -0.15) is 0 Å². The molecule has 0 bridgehead atoms. The number of carbonyl (C=O) groups is 2. The highest BCUT2D eigenvalue weighted by Crippen LogP contribution is 2.19. The highest BCUT2D eigenvalue weighted by molar-refractivity contribution is 6.16. The molecule has 3 heteroatoms. The Labute approximate surface area is 94.4 Å². The van der Waals surface area contributed by atoms with Gasteiger partial charge >= 0.3 is 0 Å². The van der Waals surface area contributed by atoms with Crippen molar-refractivity contribution in [3.8, 4) is 0 Å². The Morgan fingerprint density at radius 2 is 1.94 bits per heavy atom. The first-order valence-corrected chi connectivity index (χ1v) is 4.96. The van der Waals surface area contributed by atoms with Crippen LogP contribution in [0.1, 0.15) is 23.7 Å². The highest BCUT2D eigenvalue weighted by atomic mass is 16.3. The van der Waals surface area contributed by atoms with Crippen LogP contribution in [-0.2, 0) is 4.79 Å². The van der Waals surface area contributed by atoms with Gasteiger partial charge in [0.1, 0.15) is 0 Å². The van der Waals surface area contributed by atoms with Gasteiger partial charge in [0.05, 0.1) is 0 Å². The minimum Gasteiger partial charge on any atom is -0.374 e. The van der Waals surface area contributed by atoms with E-state index in [1.807, 2.05) is 0 Å². The summed E-state index contributed by atoms with van der Waals surface area (Å²) >= 11 is 0. The fourth-order valence-electron chi connectivity index (χ4n) is 1.43. The fourth-order valence-corrected chi connectivity index (χ4v) is 1.43. The zero-order valence-corrected chi connectivity index (χ0v) is 9.14. The van der Waals surface area contributed by atoms with Crippen LogP contribution in [0, 0.1) is 0 Å². The molecule has 1 aromatic rings. The van der Waals surface area contributed by atoms with Gasteiger partial charge in [-0.15, -0.1) is 6.58 Å². The molecule has 0 aliphatic rings. The average molecular weight is 218 g/mol. The number of ketones is 2. The molecule has 0 fully saturated rings. The summed E-state index contributed by atoms with van der Waals surface area (Å²) in [5.74, 6) is -1.15. The van der Waals surface area contributed by atoms with Gasteiger partial charge in [0.2, 0.25) is 5.78 Å². The van der Waals surface area contributed by atoms with Crippen LogP contribution in [0.4, 0.5) is 0 Å². The molecule has 3 nitrogen and oxygen atoms in total. The second kappa shape index (κ2) is 4.86. The highest BCUT2D eigenvalue weighted by Gasteiger charge is 2.39. The Morgan fingerprint density at radius 1 is 1.38 bits per heavy atom. The molecule has 1 N–H and O–H groups in total. The molecule has 84 valence electrons. The quantitative estimate of drug-likeness (QED) is 0.465. The van der Waals surface area contributed by atoms with Gasteiger partial charge in [0, 0.05) is 12.0 Å². The van der Waals surface area contributed by atoms with Crippen LogP contribution < -0.4 is 0 Å². The van der Waals surface area contributed by atoms with Crippen molar-refractivity contribution in [3.05, 3.63) is 48.6 Å². The number of carbonyl (C=O) groups excluding carboxylic acids is 2. The van der Waals surface area contributed by atoms with E-state index in [1.54, 1.807) is 30.3 Å². The summed E-state index contributed by atoms with van der Waals surface area (Å²) in [4.78, 5) is 23.3. The van der Waals surface area contributed by atoms with E-state index < -0.39 is 17.2 Å². The SMILES string of the molecule is C=CCC(O)(C(C)=O)C(=O)c1ccccc1. The van der Waals surface area contributed by atoms with Crippen molar-refractivity contribution < 1.29 is 14.7 Å². The molecule has 16 heavy (non-hydrogen) atoms. The summed E-state index contributed by atoms with van der Waals surface area (Å²) in [5, 5.41) is 10.0. The van der Waals surface area contributed by atoms with Gasteiger partial charge in [0.15, 0.2) is 11.4 Å². The molecule has 0 radical (unpaired) electrons. The maximum atomic E-state index is 12.0. The molecule has 0 amide bonds. The summed E-state index contributed by atoms with van der Waals surface area (Å²) in [7, 11) is 0. The maximum Gasteiger partial charge on any atom is 0.202 e. The van der Waals surface area contributed by atoms with Crippen molar-refractivity contribution >= 4 is 11.6 Å². The van der Waals surface area contributed by atoms with Crippen LogP contribution in [0.3, 0.4) is 0 Å². The lowest BCUT2D eigenvalue weighted by atomic mass is 9.86. The normalized spacial score (nSPS) is 13.9. The van der Waals surface area contributed by atoms with E-state index in [1.165, 1.54) is 13.0 Å². The summed E-state index contributed by atoms with van der Waals surface area (Å²) < 4.78 is 0. The van der Waals surface area contributed by atoms with Crippen LogP contribution in [0.5, 0.6) is 0 Å². The standard InChI is InChI=1S/C13H14O3/c1-3-9-13(16,10(2)14)12(15)11-7-5-4-6-8-11/h3-8,16H,1,9H2,2H3. The molecular weight excluding hydrogens is 204 g/mol. The molecule has 0 saturated carbocycles. The van der Waals surface area contributed by atoms with Crippen molar-refractivity contribution in [1.82, 2.24) is 0 Å². The Hall–Kier alpha value is -1.74. The lowest BCUT2D eigenvalue weighted by Gasteiger charge is -2.22. The molecule has 0 aliphatic carbocycles. The first-order valence-electron chi connectivity index (χ1n) is 4.96. The van der Waals surface area contributed by atoms with Crippen molar-refractivity contribution in [1.29, 1.82) is 0 Å². The lowest BCUT2D eigenvalue weighted by Crippen LogP contribution is -2.45. The van der Waals surface area contributed by atoms with Crippen molar-refractivity contribution in [3.63, 3.8) is 0 Å². The van der Waals surface area contributed by atoms with Crippen molar-refractivity contribution in [2.75, 3.05) is 0 Å². The summed E-state index contributed by atoms with van der Waals surface area (Å²) in [5.41, 5.74) is -1.66. The topological polar surface area (TPSA) is 54.4 Å². The minimum absolute atomic E-state index is 0.0734. The van der Waals surface area contributed by atoms with Crippen molar-refractivity contribution in [2.24, 2.45) is 0 Å². The molecule has 1 atom stereocenters. The zero-order valence-electron chi connectivity index (χ0n) is 9.14. The van der Waals surface area contributed by atoms with E-state index in [0.717, 1.165) is 0 Å². The first-order chi connectivity index (χ1) is 7.52. The van der Waals surface area contributed by atoms with E-state index in [4.69, 9.17) is 0 Å². The third kappa shape index (κ3) is 2.25. The largest absolute Gasteiger partial charge is 0.374 e. The van der Waals surface area contributed by atoms with Crippen LogP contribution in [0.2, 0.25) is 0 Å². The van der Waals surface area contributed by atoms with Gasteiger partial charge < -0.3 is 5.11 Å². The number of hydrogen-bond acceptors (Lipinski definition) is 3. The summed E-state index contributed by atoms with van der Waals surface area (Å²) in [6.07, 6.45) is 1.29. The van der Waals surface area contributed by atoms with E-state index in [0.29, 0.717) is 5.56 Å². The smallest absolute Gasteiger partial charge is 0.202 e. The molecule has 0 aromatic heterocycles. The zero-order chi connectivity index (χ0) is 12.2. The molecular formula is C13H14O3. The molecule has 1 unspecified atom stereocenters. The Bertz CT molecular complexity index is 408. The fraction of sp³-hybridized carbons (Fsp3) is 0.231. The van der Waals surface area contributed by atoms with E-state index in [-0.39, 0.29) is 6.42 Å². The first kappa shape index (κ1) is 12.3. The molecule has 0 saturated heterocycles. The van der Waals surface area contributed by atoms with Crippen LogP contribution in [-0.4, -0.2) is 22.3 Å². The van der Waals surface area contributed by atoms with E-state index in [2.05, 4.69) is 6.58 Å².